The first kappa shape index (κ1) is 21.0. The van der Waals surface area contributed by atoms with Crippen molar-refractivity contribution in [2.24, 2.45) is 5.41 Å². The predicted molar refractivity (Wildman–Crippen MR) is 96.7 cm³/mol. The number of methoxy groups -OCH3 is 1. The van der Waals surface area contributed by atoms with E-state index in [1.54, 1.807) is 7.11 Å². The lowest BCUT2D eigenvalue weighted by atomic mass is 9.77. The zero-order valence-corrected chi connectivity index (χ0v) is 15.9. The highest BCUT2D eigenvalue weighted by Gasteiger charge is 2.46. The summed E-state index contributed by atoms with van der Waals surface area (Å²) < 4.78 is 5.43. The third kappa shape index (κ3) is 4.13. The summed E-state index contributed by atoms with van der Waals surface area (Å²) >= 11 is 0. The van der Waals surface area contributed by atoms with Crippen LogP contribution in [0.25, 0.3) is 0 Å². The first-order chi connectivity index (χ1) is 10.2. The fourth-order valence-electron chi connectivity index (χ4n) is 4.38. The van der Waals surface area contributed by atoms with Crippen LogP contribution in [0.4, 0.5) is 0 Å². The van der Waals surface area contributed by atoms with Crippen LogP contribution in [0.1, 0.15) is 32.6 Å². The summed E-state index contributed by atoms with van der Waals surface area (Å²) in [7, 11) is 1.72. The quantitative estimate of drug-likeness (QED) is 0.821. The number of hydrogen-bond acceptors (Lipinski definition) is 4. The number of nitrogens with one attached hydrogen (secondary N) is 1. The van der Waals surface area contributed by atoms with E-state index in [1.165, 1.54) is 19.4 Å². The number of nitrogens with zero attached hydrogens (tertiary/aromatic N) is 2. The van der Waals surface area contributed by atoms with Crippen LogP contribution in [0.5, 0.6) is 0 Å². The number of rotatable bonds is 3. The van der Waals surface area contributed by atoms with Crippen LogP contribution in [0, 0.1) is 5.41 Å². The third-order valence-electron chi connectivity index (χ3n) is 5.63. The molecule has 0 aromatic rings. The second-order valence-corrected chi connectivity index (χ2v) is 7.06. The molecule has 3 saturated heterocycles. The van der Waals surface area contributed by atoms with E-state index in [2.05, 4.69) is 22.0 Å². The van der Waals surface area contributed by atoms with Crippen molar-refractivity contribution in [2.75, 3.05) is 46.4 Å². The van der Waals surface area contributed by atoms with Crippen LogP contribution in [-0.2, 0) is 9.53 Å². The van der Waals surface area contributed by atoms with Crippen molar-refractivity contribution in [3.05, 3.63) is 0 Å². The van der Waals surface area contributed by atoms with Gasteiger partial charge in [-0.25, -0.2) is 0 Å². The molecule has 1 N–H and O–H groups in total. The molecule has 0 aromatic heterocycles. The number of fused-ring (bicyclic) bond motifs is 1. The van der Waals surface area contributed by atoms with Gasteiger partial charge in [0.1, 0.15) is 0 Å². The lowest BCUT2D eigenvalue weighted by molar-refractivity contribution is -0.153. The average Bonchev–Trinajstić information content (AvgIpc) is 2.94. The van der Waals surface area contributed by atoms with Crippen molar-refractivity contribution >= 4 is 30.7 Å². The second kappa shape index (κ2) is 8.86. The van der Waals surface area contributed by atoms with Gasteiger partial charge >= 0.3 is 0 Å². The Kier molecular flexibility index (Phi) is 8.08. The summed E-state index contributed by atoms with van der Waals surface area (Å²) in [5, 5.41) is 3.37. The van der Waals surface area contributed by atoms with Crippen LogP contribution < -0.4 is 5.32 Å². The summed E-state index contributed by atoms with van der Waals surface area (Å²) in [4.78, 5) is 18.0. The fraction of sp³-hybridized carbons (Fsp3) is 0.938. The first-order valence-corrected chi connectivity index (χ1v) is 8.41. The van der Waals surface area contributed by atoms with Gasteiger partial charge in [0.15, 0.2) is 0 Å². The van der Waals surface area contributed by atoms with Crippen molar-refractivity contribution in [1.29, 1.82) is 0 Å². The maximum absolute atomic E-state index is 13.3. The Hall–Kier alpha value is -0.0700. The van der Waals surface area contributed by atoms with Crippen LogP contribution >= 0.6 is 24.8 Å². The van der Waals surface area contributed by atoms with Crippen LogP contribution in [0.3, 0.4) is 0 Å². The molecule has 0 spiro atoms. The van der Waals surface area contributed by atoms with Gasteiger partial charge in [-0.15, -0.1) is 24.8 Å². The predicted octanol–water partition coefficient (Wildman–Crippen LogP) is 1.54. The lowest BCUT2D eigenvalue weighted by Crippen LogP contribution is -2.61. The molecule has 2 unspecified atom stereocenters. The summed E-state index contributed by atoms with van der Waals surface area (Å²) in [6, 6.07) is 0.918. The van der Waals surface area contributed by atoms with Gasteiger partial charge in [-0.2, -0.15) is 0 Å². The van der Waals surface area contributed by atoms with Crippen molar-refractivity contribution in [1.82, 2.24) is 15.1 Å². The number of hydrogen-bond donors (Lipinski definition) is 1. The molecule has 0 radical (unpaired) electrons. The number of piperazine rings is 1. The largest absolute Gasteiger partial charge is 0.384 e. The molecular formula is C16H31Cl2N3O2. The highest BCUT2D eigenvalue weighted by Crippen LogP contribution is 2.34. The average molecular weight is 368 g/mol. The SMILES string of the molecule is COCC1(C(=O)N2CC3CCCN3CC2C)CCNCC1.Cl.Cl. The minimum absolute atomic E-state index is 0. The molecule has 0 aromatic carbocycles. The second-order valence-electron chi connectivity index (χ2n) is 7.06. The highest BCUT2D eigenvalue weighted by atomic mass is 35.5. The molecule has 2 atom stereocenters. The molecule has 0 bridgehead atoms. The van der Waals surface area contributed by atoms with Crippen LogP contribution in [0.2, 0.25) is 0 Å². The first-order valence-electron chi connectivity index (χ1n) is 8.41. The summed E-state index contributed by atoms with van der Waals surface area (Å²) in [6.07, 6.45) is 4.33. The highest BCUT2D eigenvalue weighted by molar-refractivity contribution is 5.85. The van der Waals surface area contributed by atoms with Gasteiger partial charge in [-0.3, -0.25) is 9.69 Å². The van der Waals surface area contributed by atoms with Crippen molar-refractivity contribution in [3.63, 3.8) is 0 Å². The van der Waals surface area contributed by atoms with Gasteiger partial charge in [0, 0.05) is 32.3 Å². The van der Waals surface area contributed by atoms with Crippen LogP contribution in [0.15, 0.2) is 0 Å². The van der Waals surface area contributed by atoms with Gasteiger partial charge in [0.2, 0.25) is 5.91 Å². The Bertz CT molecular complexity index is 386. The number of amides is 1. The Labute approximate surface area is 152 Å². The molecule has 3 fully saturated rings. The van der Waals surface area contributed by atoms with E-state index >= 15 is 0 Å². The smallest absolute Gasteiger partial charge is 0.231 e. The monoisotopic (exact) mass is 367 g/mol. The molecule has 3 aliphatic rings. The summed E-state index contributed by atoms with van der Waals surface area (Å²) in [6.45, 7) is 7.78. The zero-order chi connectivity index (χ0) is 14.9. The minimum Gasteiger partial charge on any atom is -0.384 e. The summed E-state index contributed by atoms with van der Waals surface area (Å²) in [5.41, 5.74) is -0.297. The molecule has 0 saturated carbocycles. The van der Waals surface area contributed by atoms with Gasteiger partial charge in [-0.1, -0.05) is 0 Å². The van der Waals surface area contributed by atoms with E-state index in [0.29, 0.717) is 24.6 Å². The Morgan fingerprint density at radius 2 is 1.96 bits per heavy atom. The molecule has 136 valence electrons. The van der Waals surface area contributed by atoms with E-state index < -0.39 is 0 Å². The van der Waals surface area contributed by atoms with Gasteiger partial charge in [-0.05, 0) is 52.2 Å². The number of carbonyl (C=O) groups excluding carboxylic acids is 1. The van der Waals surface area contributed by atoms with Crippen molar-refractivity contribution < 1.29 is 9.53 Å². The molecule has 23 heavy (non-hydrogen) atoms. The van der Waals surface area contributed by atoms with Crippen LogP contribution in [-0.4, -0.2) is 74.2 Å². The molecule has 0 aliphatic carbocycles. The minimum atomic E-state index is -0.297. The Morgan fingerprint density at radius 1 is 1.26 bits per heavy atom. The molecule has 3 heterocycles. The van der Waals surface area contributed by atoms with E-state index in [9.17, 15) is 4.79 Å². The number of carbonyl (C=O) groups is 1. The van der Waals surface area contributed by atoms with Gasteiger partial charge in [0.05, 0.1) is 12.0 Å². The van der Waals surface area contributed by atoms with Crippen molar-refractivity contribution in [3.8, 4) is 0 Å². The van der Waals surface area contributed by atoms with Crippen molar-refractivity contribution in [2.45, 2.75) is 44.7 Å². The number of ether oxygens (including phenoxy) is 1. The normalized spacial score (nSPS) is 30.1. The molecular weight excluding hydrogens is 337 g/mol. The molecule has 3 aliphatic heterocycles. The van der Waals surface area contributed by atoms with E-state index in [0.717, 1.165) is 39.0 Å². The lowest BCUT2D eigenvalue weighted by Gasteiger charge is -2.47. The molecule has 1 amide bonds. The van der Waals surface area contributed by atoms with E-state index in [-0.39, 0.29) is 30.2 Å². The maximum atomic E-state index is 13.3. The third-order valence-corrected chi connectivity index (χ3v) is 5.63. The molecule has 7 heteroatoms. The fourth-order valence-corrected chi connectivity index (χ4v) is 4.38. The summed E-state index contributed by atoms with van der Waals surface area (Å²) in [5.74, 6) is 0.338. The van der Waals surface area contributed by atoms with Gasteiger partial charge < -0.3 is 15.0 Å². The van der Waals surface area contributed by atoms with E-state index in [4.69, 9.17) is 4.74 Å². The number of piperidine rings is 1. The number of halogens is 2. The topological polar surface area (TPSA) is 44.8 Å². The maximum Gasteiger partial charge on any atom is 0.231 e. The molecule has 5 nitrogen and oxygen atoms in total. The zero-order valence-electron chi connectivity index (χ0n) is 14.3. The molecule has 3 rings (SSSR count). The Morgan fingerprint density at radius 3 is 2.61 bits per heavy atom. The Balaban J connectivity index is 0.00000132. The van der Waals surface area contributed by atoms with Gasteiger partial charge in [0.25, 0.3) is 0 Å². The van der Waals surface area contributed by atoms with E-state index in [1.807, 2.05) is 0 Å². The standard InChI is InChI=1S/C16H29N3O2.2ClH/c1-13-10-18-9-3-4-14(18)11-19(13)15(20)16(12-21-2)5-7-17-8-6-16;;/h13-14,17H,3-12H2,1-2H3;2*1H.